The summed E-state index contributed by atoms with van der Waals surface area (Å²) in [4.78, 5) is 25.5. The lowest BCUT2D eigenvalue weighted by Crippen LogP contribution is -2.31. The maximum absolute atomic E-state index is 12.1. The van der Waals surface area contributed by atoms with Crippen LogP contribution in [0.15, 0.2) is 12.1 Å². The Morgan fingerprint density at radius 2 is 1.86 bits per heavy atom. The first-order valence-electron chi connectivity index (χ1n) is 6.54. The molecule has 1 aliphatic heterocycles. The number of nitrogens with zero attached hydrogens (tertiary/aromatic N) is 2. The predicted octanol–water partition coefficient (Wildman–Crippen LogP) is 3.85. The topological polar surface area (TPSA) is 61.2 Å². The summed E-state index contributed by atoms with van der Waals surface area (Å²) in [6.45, 7) is 4.01. The third kappa shape index (κ3) is 2.90. The molecule has 0 spiro atoms. The van der Waals surface area contributed by atoms with E-state index in [1.54, 1.807) is 6.07 Å². The largest absolute Gasteiger partial charge is 0.303 e. The lowest BCUT2D eigenvalue weighted by atomic mass is 9.90. The molecule has 1 aliphatic rings. The molecule has 0 radical (unpaired) electrons. The maximum Gasteiger partial charge on any atom is 0.299 e. The predicted molar refractivity (Wildman–Crippen MR) is 81.8 cm³/mol. The number of hydrogen-bond acceptors (Lipinski definition) is 3. The molecular weight excluding hydrogens is 311 g/mol. The third-order valence-electron chi connectivity index (χ3n) is 3.50. The first kappa shape index (κ1) is 15.8. The average Bonchev–Trinajstić information content (AvgIpc) is 2.69. The van der Waals surface area contributed by atoms with Gasteiger partial charge < -0.3 is 4.90 Å². The van der Waals surface area contributed by atoms with Crippen LogP contribution >= 0.6 is 23.2 Å². The number of amides is 1. The number of carbonyl (C=O) groups is 2. The van der Waals surface area contributed by atoms with Gasteiger partial charge in [0.05, 0.1) is 32.8 Å². The van der Waals surface area contributed by atoms with Crippen molar-refractivity contribution < 1.29 is 9.59 Å². The second-order valence-electron chi connectivity index (χ2n) is 5.64. The van der Waals surface area contributed by atoms with E-state index >= 15 is 0 Å². The van der Waals surface area contributed by atoms with E-state index in [-0.39, 0.29) is 10.6 Å². The molecule has 1 aromatic rings. The summed E-state index contributed by atoms with van der Waals surface area (Å²) in [5.74, 6) is -1.24. The van der Waals surface area contributed by atoms with Crippen LogP contribution in [0.25, 0.3) is 0 Å². The first-order chi connectivity index (χ1) is 9.78. The van der Waals surface area contributed by atoms with Crippen LogP contribution in [0.4, 0.5) is 5.69 Å². The van der Waals surface area contributed by atoms with E-state index < -0.39 is 17.1 Å². The summed E-state index contributed by atoms with van der Waals surface area (Å²) >= 11 is 12.1. The molecule has 0 atom stereocenters. The number of carbonyl (C=O) groups excluding carboxylic acids is 2. The van der Waals surface area contributed by atoms with E-state index in [1.807, 2.05) is 13.8 Å². The number of anilines is 1. The van der Waals surface area contributed by atoms with Crippen LogP contribution in [-0.2, 0) is 4.79 Å². The van der Waals surface area contributed by atoms with Gasteiger partial charge in [-0.15, -0.1) is 0 Å². The summed E-state index contributed by atoms with van der Waals surface area (Å²) in [5, 5.41) is 9.55. The average molecular weight is 325 g/mol. The van der Waals surface area contributed by atoms with Gasteiger partial charge in [0.2, 0.25) is 0 Å². The Kier molecular flexibility index (Phi) is 4.27. The van der Waals surface area contributed by atoms with Crippen LogP contribution in [0.3, 0.4) is 0 Å². The van der Waals surface area contributed by atoms with Crippen LogP contribution in [0.5, 0.6) is 0 Å². The summed E-state index contributed by atoms with van der Waals surface area (Å²) in [6.07, 6.45) is 1.22. The standard InChI is InChI=1S/C15H14Cl2N2O2/c1-15(2,8-18)6-3-7-19-12-10(17)5-4-9(16)11(12)13(20)14(19)21/h4-5H,3,6-7H2,1-2H3. The number of nitriles is 1. The van der Waals surface area contributed by atoms with Crippen molar-refractivity contribution in [2.75, 3.05) is 11.4 Å². The molecule has 1 amide bonds. The molecule has 0 aliphatic carbocycles. The number of fused-ring (bicyclic) bond motifs is 1. The summed E-state index contributed by atoms with van der Waals surface area (Å²) in [6, 6.07) is 5.29. The number of halogens is 2. The molecule has 1 aromatic carbocycles. The van der Waals surface area contributed by atoms with Crippen molar-refractivity contribution in [1.29, 1.82) is 5.26 Å². The van der Waals surface area contributed by atoms with Gasteiger partial charge in [0, 0.05) is 6.54 Å². The fourth-order valence-electron chi connectivity index (χ4n) is 2.30. The highest BCUT2D eigenvalue weighted by molar-refractivity contribution is 6.56. The van der Waals surface area contributed by atoms with Gasteiger partial charge in [0.25, 0.3) is 11.7 Å². The molecule has 0 bridgehead atoms. The highest BCUT2D eigenvalue weighted by Gasteiger charge is 2.39. The Bertz CT molecular complexity index is 662. The number of benzene rings is 1. The highest BCUT2D eigenvalue weighted by atomic mass is 35.5. The monoisotopic (exact) mass is 324 g/mol. The molecular formula is C15H14Cl2N2O2. The molecule has 0 saturated heterocycles. The smallest absolute Gasteiger partial charge is 0.299 e. The van der Waals surface area contributed by atoms with Crippen LogP contribution in [0.1, 0.15) is 37.0 Å². The van der Waals surface area contributed by atoms with Crippen molar-refractivity contribution in [3.63, 3.8) is 0 Å². The van der Waals surface area contributed by atoms with Gasteiger partial charge in [-0.25, -0.2) is 0 Å². The zero-order valence-corrected chi connectivity index (χ0v) is 13.3. The minimum atomic E-state index is -0.628. The Labute approximate surface area is 133 Å². The highest BCUT2D eigenvalue weighted by Crippen LogP contribution is 2.40. The molecule has 0 aromatic heterocycles. The van der Waals surface area contributed by atoms with Crippen molar-refractivity contribution in [2.24, 2.45) is 5.41 Å². The fraction of sp³-hybridized carbons (Fsp3) is 0.400. The fourth-order valence-corrected chi connectivity index (χ4v) is 2.80. The van der Waals surface area contributed by atoms with Crippen molar-refractivity contribution in [3.8, 4) is 6.07 Å². The van der Waals surface area contributed by atoms with Gasteiger partial charge in [-0.05, 0) is 38.8 Å². The van der Waals surface area contributed by atoms with Gasteiger partial charge in [0.1, 0.15) is 0 Å². The zero-order valence-electron chi connectivity index (χ0n) is 11.7. The Hall–Kier alpha value is -1.57. The Balaban J connectivity index is 2.24. The molecule has 110 valence electrons. The van der Waals surface area contributed by atoms with Crippen molar-refractivity contribution in [2.45, 2.75) is 26.7 Å². The molecule has 4 nitrogen and oxygen atoms in total. The normalized spacial score (nSPS) is 14.3. The Morgan fingerprint density at radius 3 is 2.48 bits per heavy atom. The van der Waals surface area contributed by atoms with Gasteiger partial charge in [-0.1, -0.05) is 23.2 Å². The molecule has 0 saturated carbocycles. The molecule has 2 rings (SSSR count). The van der Waals surface area contributed by atoms with Crippen LogP contribution in [-0.4, -0.2) is 18.2 Å². The maximum atomic E-state index is 12.1. The number of ketones is 1. The molecule has 0 fully saturated rings. The van der Waals surface area contributed by atoms with E-state index in [0.29, 0.717) is 30.1 Å². The van der Waals surface area contributed by atoms with Gasteiger partial charge >= 0.3 is 0 Å². The minimum absolute atomic E-state index is 0.175. The Morgan fingerprint density at radius 1 is 1.24 bits per heavy atom. The second-order valence-corrected chi connectivity index (χ2v) is 6.45. The zero-order chi connectivity index (χ0) is 15.8. The van der Waals surface area contributed by atoms with Crippen molar-refractivity contribution in [1.82, 2.24) is 0 Å². The molecule has 6 heteroatoms. The van der Waals surface area contributed by atoms with E-state index in [1.165, 1.54) is 11.0 Å². The number of rotatable bonds is 4. The summed E-state index contributed by atoms with van der Waals surface area (Å²) in [7, 11) is 0. The summed E-state index contributed by atoms with van der Waals surface area (Å²) < 4.78 is 0. The number of Topliss-reactive ketones (excluding diaryl/α,β-unsaturated/α-hetero) is 1. The van der Waals surface area contributed by atoms with Crippen molar-refractivity contribution in [3.05, 3.63) is 27.7 Å². The van der Waals surface area contributed by atoms with E-state index in [0.717, 1.165) is 0 Å². The van der Waals surface area contributed by atoms with E-state index in [4.69, 9.17) is 28.5 Å². The summed E-state index contributed by atoms with van der Waals surface area (Å²) in [5.41, 5.74) is 0.0935. The van der Waals surface area contributed by atoms with Crippen LogP contribution in [0.2, 0.25) is 10.0 Å². The van der Waals surface area contributed by atoms with Gasteiger partial charge in [-0.3, -0.25) is 9.59 Å². The second kappa shape index (κ2) is 5.67. The lowest BCUT2D eigenvalue weighted by molar-refractivity contribution is -0.114. The van der Waals surface area contributed by atoms with E-state index in [9.17, 15) is 9.59 Å². The third-order valence-corrected chi connectivity index (χ3v) is 4.12. The lowest BCUT2D eigenvalue weighted by Gasteiger charge is -2.20. The minimum Gasteiger partial charge on any atom is -0.303 e. The van der Waals surface area contributed by atoms with Gasteiger partial charge in [0.15, 0.2) is 0 Å². The van der Waals surface area contributed by atoms with Crippen LogP contribution in [0, 0.1) is 16.7 Å². The van der Waals surface area contributed by atoms with Gasteiger partial charge in [-0.2, -0.15) is 5.26 Å². The molecule has 21 heavy (non-hydrogen) atoms. The molecule has 0 N–H and O–H groups in total. The van der Waals surface area contributed by atoms with Crippen LogP contribution < -0.4 is 4.90 Å². The first-order valence-corrected chi connectivity index (χ1v) is 7.29. The molecule has 0 unspecified atom stereocenters. The SMILES string of the molecule is CC(C)(C#N)CCCN1C(=O)C(=O)c2c(Cl)ccc(Cl)c21. The number of hydrogen-bond donors (Lipinski definition) is 0. The van der Waals surface area contributed by atoms with Crippen molar-refractivity contribution >= 4 is 40.6 Å². The quantitative estimate of drug-likeness (QED) is 0.790. The molecule has 1 heterocycles. The van der Waals surface area contributed by atoms with E-state index in [2.05, 4.69) is 6.07 Å².